The summed E-state index contributed by atoms with van der Waals surface area (Å²) < 4.78 is 11.7. The molecule has 57 heavy (non-hydrogen) atoms. The van der Waals surface area contributed by atoms with Crippen molar-refractivity contribution in [2.75, 3.05) is 32.8 Å². The van der Waals surface area contributed by atoms with Crippen molar-refractivity contribution in [3.8, 4) is 0 Å². The van der Waals surface area contributed by atoms with Crippen LogP contribution in [0.2, 0.25) is 0 Å². The summed E-state index contributed by atoms with van der Waals surface area (Å²) in [5, 5.41) is 3.03. The van der Waals surface area contributed by atoms with Gasteiger partial charge in [0.25, 0.3) is 0 Å². The van der Waals surface area contributed by atoms with Crippen LogP contribution in [0, 0.1) is 5.92 Å². The smallest absolute Gasteiger partial charge is 0.306 e. The molecule has 0 heterocycles. The minimum absolute atomic E-state index is 0.0160. The number of ether oxygens (including phenoxy) is 2. The fraction of sp³-hybridized carbons (Fsp3) is 0.940. The van der Waals surface area contributed by atoms with Crippen molar-refractivity contribution < 1.29 is 23.9 Å². The molecule has 1 amide bonds. The standard InChI is InChI=1S/C50H98N2O5/c1-6-11-15-17-21-27-36-47(37-28-22-18-16-12-7-2)57-50(55)39-30-24-20-26-32-43-52(44-33-41-51-48(53)10-5)42-31-25-19-23-29-38-49(54)56-45-40-46(34-13-8-3)35-14-9-4/h46-47H,6-45H2,1-5H3,(H,51,53). The van der Waals surface area contributed by atoms with Crippen LogP contribution < -0.4 is 5.32 Å². The number of amides is 1. The molecule has 0 saturated carbocycles. The van der Waals surface area contributed by atoms with Gasteiger partial charge in [0, 0.05) is 25.8 Å². The second-order valence-electron chi connectivity index (χ2n) is 17.3. The second-order valence-corrected chi connectivity index (χ2v) is 17.3. The summed E-state index contributed by atoms with van der Waals surface area (Å²) in [4.78, 5) is 39.4. The number of hydrogen-bond donors (Lipinski definition) is 1. The lowest BCUT2D eigenvalue weighted by atomic mass is 9.93. The van der Waals surface area contributed by atoms with Crippen LogP contribution in [0.1, 0.15) is 259 Å². The predicted molar refractivity (Wildman–Crippen MR) is 244 cm³/mol. The molecule has 0 saturated heterocycles. The average Bonchev–Trinajstić information content (AvgIpc) is 3.21. The highest BCUT2D eigenvalue weighted by Crippen LogP contribution is 2.21. The molecule has 0 bridgehead atoms. The molecule has 7 nitrogen and oxygen atoms in total. The van der Waals surface area contributed by atoms with Gasteiger partial charge in [-0.05, 0) is 89.8 Å². The highest BCUT2D eigenvalue weighted by molar-refractivity contribution is 5.75. The van der Waals surface area contributed by atoms with Gasteiger partial charge < -0.3 is 19.7 Å². The van der Waals surface area contributed by atoms with Crippen LogP contribution in [0.15, 0.2) is 0 Å². The molecule has 0 spiro atoms. The Morgan fingerprint density at radius 3 is 1.40 bits per heavy atom. The van der Waals surface area contributed by atoms with E-state index in [0.717, 1.165) is 90.4 Å². The van der Waals surface area contributed by atoms with Gasteiger partial charge in [0.2, 0.25) is 5.91 Å². The highest BCUT2D eigenvalue weighted by atomic mass is 16.5. The van der Waals surface area contributed by atoms with E-state index in [9.17, 15) is 14.4 Å². The molecule has 338 valence electrons. The van der Waals surface area contributed by atoms with Gasteiger partial charge in [-0.1, -0.05) is 176 Å². The number of unbranched alkanes of at least 4 members (excludes halogenated alkanes) is 20. The molecule has 0 aromatic carbocycles. The molecule has 0 unspecified atom stereocenters. The zero-order valence-corrected chi connectivity index (χ0v) is 38.9. The van der Waals surface area contributed by atoms with E-state index in [2.05, 4.69) is 37.9 Å². The molecule has 0 aromatic heterocycles. The summed E-state index contributed by atoms with van der Waals surface area (Å²) in [5.74, 6) is 0.824. The Morgan fingerprint density at radius 1 is 0.456 bits per heavy atom. The van der Waals surface area contributed by atoms with Gasteiger partial charge >= 0.3 is 11.9 Å². The lowest BCUT2D eigenvalue weighted by molar-refractivity contribution is -0.150. The largest absolute Gasteiger partial charge is 0.466 e. The van der Waals surface area contributed by atoms with E-state index in [1.54, 1.807) is 0 Å². The quantitative estimate of drug-likeness (QED) is 0.0487. The molecule has 0 aliphatic heterocycles. The first-order valence-corrected chi connectivity index (χ1v) is 25.2. The molecule has 0 aliphatic carbocycles. The van der Waals surface area contributed by atoms with Crippen LogP contribution in [0.25, 0.3) is 0 Å². The van der Waals surface area contributed by atoms with E-state index < -0.39 is 0 Å². The molecule has 0 aromatic rings. The summed E-state index contributed by atoms with van der Waals surface area (Å²) in [6.45, 7) is 15.4. The third-order valence-electron chi connectivity index (χ3n) is 11.8. The van der Waals surface area contributed by atoms with Crippen molar-refractivity contribution in [2.24, 2.45) is 5.92 Å². The molecular formula is C50H98N2O5. The van der Waals surface area contributed by atoms with Crippen molar-refractivity contribution in [2.45, 2.75) is 265 Å². The Hall–Kier alpha value is -1.63. The molecule has 7 heteroatoms. The first-order valence-electron chi connectivity index (χ1n) is 25.2. The van der Waals surface area contributed by atoms with Crippen molar-refractivity contribution in [1.82, 2.24) is 10.2 Å². The number of carbonyl (C=O) groups excluding carboxylic acids is 3. The number of esters is 2. The Labute approximate surface area is 355 Å². The number of hydrogen-bond acceptors (Lipinski definition) is 6. The van der Waals surface area contributed by atoms with Gasteiger partial charge in [-0.3, -0.25) is 14.4 Å². The van der Waals surface area contributed by atoms with Gasteiger partial charge in [0.05, 0.1) is 6.61 Å². The summed E-state index contributed by atoms with van der Waals surface area (Å²) in [7, 11) is 0. The van der Waals surface area contributed by atoms with Gasteiger partial charge in [-0.2, -0.15) is 0 Å². The number of carbonyl (C=O) groups is 3. The average molecular weight is 807 g/mol. The van der Waals surface area contributed by atoms with Crippen LogP contribution >= 0.6 is 0 Å². The minimum Gasteiger partial charge on any atom is -0.466 e. The van der Waals surface area contributed by atoms with Crippen LogP contribution in [-0.2, 0) is 23.9 Å². The summed E-state index contributed by atoms with van der Waals surface area (Å²) >= 11 is 0. The maximum Gasteiger partial charge on any atom is 0.306 e. The third-order valence-corrected chi connectivity index (χ3v) is 11.8. The van der Waals surface area contributed by atoms with Crippen LogP contribution in [0.5, 0.6) is 0 Å². The molecule has 0 fully saturated rings. The maximum atomic E-state index is 12.8. The summed E-state index contributed by atoms with van der Waals surface area (Å²) in [6, 6.07) is 0. The van der Waals surface area contributed by atoms with Crippen molar-refractivity contribution in [3.63, 3.8) is 0 Å². The highest BCUT2D eigenvalue weighted by Gasteiger charge is 2.15. The molecule has 0 aliphatic rings. The van der Waals surface area contributed by atoms with Crippen molar-refractivity contribution in [1.29, 1.82) is 0 Å². The Kier molecular flexibility index (Phi) is 42.7. The lowest BCUT2D eigenvalue weighted by Crippen LogP contribution is -2.31. The first kappa shape index (κ1) is 55.4. The molecule has 1 N–H and O–H groups in total. The van der Waals surface area contributed by atoms with Gasteiger partial charge in [0.15, 0.2) is 0 Å². The van der Waals surface area contributed by atoms with Gasteiger partial charge in [-0.15, -0.1) is 0 Å². The van der Waals surface area contributed by atoms with Crippen LogP contribution in [0.3, 0.4) is 0 Å². The molecule has 0 radical (unpaired) electrons. The molecule has 0 rings (SSSR count). The van der Waals surface area contributed by atoms with Gasteiger partial charge in [-0.25, -0.2) is 0 Å². The monoisotopic (exact) mass is 807 g/mol. The van der Waals surface area contributed by atoms with Crippen molar-refractivity contribution >= 4 is 17.8 Å². The zero-order valence-electron chi connectivity index (χ0n) is 38.9. The number of nitrogens with one attached hydrogen (secondary N) is 1. The van der Waals surface area contributed by atoms with E-state index >= 15 is 0 Å². The van der Waals surface area contributed by atoms with E-state index in [0.29, 0.717) is 31.8 Å². The van der Waals surface area contributed by atoms with Crippen LogP contribution in [0.4, 0.5) is 0 Å². The normalized spacial score (nSPS) is 11.6. The zero-order chi connectivity index (χ0) is 41.9. The van der Waals surface area contributed by atoms with Crippen LogP contribution in [-0.4, -0.2) is 61.6 Å². The predicted octanol–water partition coefficient (Wildman–Crippen LogP) is 14.2. The van der Waals surface area contributed by atoms with Gasteiger partial charge in [0.1, 0.15) is 6.10 Å². The van der Waals surface area contributed by atoms with E-state index in [1.165, 1.54) is 141 Å². The Morgan fingerprint density at radius 2 is 0.895 bits per heavy atom. The fourth-order valence-electron chi connectivity index (χ4n) is 7.90. The maximum absolute atomic E-state index is 12.8. The van der Waals surface area contributed by atoms with Crippen molar-refractivity contribution in [3.05, 3.63) is 0 Å². The Bertz CT molecular complexity index is 859. The molecule has 0 atom stereocenters. The third kappa shape index (κ3) is 39.6. The second kappa shape index (κ2) is 43.9. The van der Waals surface area contributed by atoms with E-state index in [-0.39, 0.29) is 23.9 Å². The molecular weight excluding hydrogens is 709 g/mol. The lowest BCUT2D eigenvalue weighted by Gasteiger charge is -2.22. The Balaban J connectivity index is 4.39. The minimum atomic E-state index is -0.0211. The number of rotatable bonds is 45. The van der Waals surface area contributed by atoms with E-state index in [4.69, 9.17) is 9.47 Å². The topological polar surface area (TPSA) is 84.9 Å². The fourth-order valence-corrected chi connectivity index (χ4v) is 7.90. The summed E-state index contributed by atoms with van der Waals surface area (Å²) in [5.41, 5.74) is 0. The first-order chi connectivity index (χ1) is 27.9. The number of nitrogens with zero attached hydrogens (tertiary/aromatic N) is 1. The SMILES string of the molecule is CCCCCCCCC(CCCCCCCC)OC(=O)CCCCCCCN(CCCCCCCC(=O)OCCC(CCCC)CCCC)CCCNC(=O)CC. The summed E-state index contributed by atoms with van der Waals surface area (Å²) in [6.07, 6.45) is 39.8. The van der Waals surface area contributed by atoms with E-state index in [1.807, 2.05) is 6.92 Å².